The molecule has 0 spiro atoms. The Balaban J connectivity index is 1.67. The van der Waals surface area contributed by atoms with Crippen LogP contribution in [0.25, 0.3) is 0 Å². The molecule has 0 aromatic carbocycles. The zero-order valence-corrected chi connectivity index (χ0v) is 11.6. The van der Waals surface area contributed by atoms with E-state index in [0.29, 0.717) is 5.54 Å². The van der Waals surface area contributed by atoms with E-state index in [1.165, 1.54) is 25.2 Å². The van der Waals surface area contributed by atoms with Crippen LogP contribution >= 0.6 is 0 Å². The first-order valence-corrected chi connectivity index (χ1v) is 6.97. The van der Waals surface area contributed by atoms with Crippen molar-refractivity contribution in [3.05, 3.63) is 24.0 Å². The molecular formula is C14H26N4. The van der Waals surface area contributed by atoms with Gasteiger partial charge in [0.2, 0.25) is 0 Å². The SMILES string of the molecule is CC(C)(CCNCc1ccc[nH]1)N1CCNCC1. The van der Waals surface area contributed by atoms with E-state index < -0.39 is 0 Å². The largest absolute Gasteiger partial charge is 0.364 e. The molecule has 102 valence electrons. The predicted molar refractivity (Wildman–Crippen MR) is 75.6 cm³/mol. The predicted octanol–water partition coefficient (Wildman–Crippen LogP) is 1.18. The standard InChI is InChI=1S/C14H26N4/c1-14(2,18-10-8-15-9-11-18)5-7-16-12-13-4-3-6-17-13/h3-4,6,15-17H,5,7-12H2,1-2H3. The Kier molecular flexibility index (Phi) is 4.80. The second kappa shape index (κ2) is 6.36. The molecule has 1 aromatic heterocycles. The molecule has 1 fully saturated rings. The van der Waals surface area contributed by atoms with Crippen LogP contribution in [0.2, 0.25) is 0 Å². The molecule has 1 saturated heterocycles. The van der Waals surface area contributed by atoms with E-state index in [0.717, 1.165) is 26.2 Å². The molecule has 1 aliphatic rings. The molecular weight excluding hydrogens is 224 g/mol. The van der Waals surface area contributed by atoms with E-state index in [1.807, 2.05) is 12.3 Å². The Morgan fingerprint density at radius 1 is 1.33 bits per heavy atom. The van der Waals surface area contributed by atoms with E-state index in [-0.39, 0.29) is 0 Å². The van der Waals surface area contributed by atoms with Crippen LogP contribution < -0.4 is 10.6 Å². The maximum absolute atomic E-state index is 3.51. The van der Waals surface area contributed by atoms with Gasteiger partial charge in [-0.3, -0.25) is 4.90 Å². The van der Waals surface area contributed by atoms with E-state index in [9.17, 15) is 0 Å². The Labute approximate surface area is 110 Å². The molecule has 0 unspecified atom stereocenters. The van der Waals surface area contributed by atoms with Crippen LogP contribution in [0, 0.1) is 0 Å². The van der Waals surface area contributed by atoms with Gasteiger partial charge >= 0.3 is 0 Å². The van der Waals surface area contributed by atoms with Gasteiger partial charge in [-0.2, -0.15) is 0 Å². The molecule has 4 nitrogen and oxygen atoms in total. The van der Waals surface area contributed by atoms with E-state index in [2.05, 4.69) is 40.4 Å². The summed E-state index contributed by atoms with van der Waals surface area (Å²) in [7, 11) is 0. The smallest absolute Gasteiger partial charge is 0.0357 e. The fourth-order valence-corrected chi connectivity index (χ4v) is 2.52. The first kappa shape index (κ1) is 13.6. The van der Waals surface area contributed by atoms with E-state index in [4.69, 9.17) is 0 Å². The zero-order chi connectivity index (χ0) is 12.8. The molecule has 1 aromatic rings. The summed E-state index contributed by atoms with van der Waals surface area (Å²) in [5.41, 5.74) is 1.56. The van der Waals surface area contributed by atoms with Gasteiger partial charge in [-0.05, 0) is 38.9 Å². The topological polar surface area (TPSA) is 43.1 Å². The summed E-state index contributed by atoms with van der Waals surface area (Å²) in [6.45, 7) is 11.3. The number of nitrogens with zero attached hydrogens (tertiary/aromatic N) is 1. The molecule has 0 bridgehead atoms. The third kappa shape index (κ3) is 3.83. The molecule has 4 heteroatoms. The number of rotatable bonds is 6. The summed E-state index contributed by atoms with van der Waals surface area (Å²) in [5.74, 6) is 0. The summed E-state index contributed by atoms with van der Waals surface area (Å²) < 4.78 is 0. The number of piperazine rings is 1. The monoisotopic (exact) mass is 250 g/mol. The zero-order valence-electron chi connectivity index (χ0n) is 11.6. The van der Waals surface area contributed by atoms with Crippen molar-refractivity contribution >= 4 is 0 Å². The molecule has 0 atom stereocenters. The Morgan fingerprint density at radius 2 is 2.11 bits per heavy atom. The van der Waals surface area contributed by atoms with Crippen molar-refractivity contribution in [1.29, 1.82) is 0 Å². The highest BCUT2D eigenvalue weighted by molar-refractivity contribution is 5.02. The number of aromatic nitrogens is 1. The highest BCUT2D eigenvalue weighted by atomic mass is 15.2. The first-order chi connectivity index (χ1) is 8.68. The van der Waals surface area contributed by atoms with Crippen molar-refractivity contribution in [3.8, 4) is 0 Å². The van der Waals surface area contributed by atoms with Gasteiger partial charge in [-0.15, -0.1) is 0 Å². The third-order valence-electron chi connectivity index (χ3n) is 3.86. The van der Waals surface area contributed by atoms with Crippen LogP contribution in [0.15, 0.2) is 18.3 Å². The van der Waals surface area contributed by atoms with Gasteiger partial charge in [0.25, 0.3) is 0 Å². The van der Waals surface area contributed by atoms with Crippen molar-refractivity contribution in [2.24, 2.45) is 0 Å². The Morgan fingerprint density at radius 3 is 2.78 bits per heavy atom. The summed E-state index contributed by atoms with van der Waals surface area (Å²) in [6, 6.07) is 4.16. The molecule has 0 aliphatic carbocycles. The van der Waals surface area contributed by atoms with Crippen molar-refractivity contribution in [2.75, 3.05) is 32.7 Å². The Bertz CT molecular complexity index is 326. The van der Waals surface area contributed by atoms with Crippen molar-refractivity contribution in [2.45, 2.75) is 32.4 Å². The van der Waals surface area contributed by atoms with Crippen molar-refractivity contribution in [1.82, 2.24) is 20.5 Å². The van der Waals surface area contributed by atoms with E-state index in [1.54, 1.807) is 0 Å². The van der Waals surface area contributed by atoms with Crippen LogP contribution in [0.5, 0.6) is 0 Å². The summed E-state index contributed by atoms with van der Waals surface area (Å²) in [5, 5.41) is 6.92. The molecule has 1 aliphatic heterocycles. The number of hydrogen-bond donors (Lipinski definition) is 3. The summed E-state index contributed by atoms with van der Waals surface area (Å²) in [6.07, 6.45) is 3.16. The average Bonchev–Trinajstić information content (AvgIpc) is 2.89. The third-order valence-corrected chi connectivity index (χ3v) is 3.86. The minimum absolute atomic E-state index is 0.296. The van der Waals surface area contributed by atoms with Gasteiger partial charge in [0.1, 0.15) is 0 Å². The van der Waals surface area contributed by atoms with Gasteiger partial charge in [-0.1, -0.05) is 0 Å². The lowest BCUT2D eigenvalue weighted by molar-refractivity contribution is 0.0955. The van der Waals surface area contributed by atoms with Crippen molar-refractivity contribution in [3.63, 3.8) is 0 Å². The molecule has 2 heterocycles. The molecule has 0 radical (unpaired) electrons. The minimum Gasteiger partial charge on any atom is -0.364 e. The maximum Gasteiger partial charge on any atom is 0.0357 e. The number of H-pyrrole nitrogens is 1. The fourth-order valence-electron chi connectivity index (χ4n) is 2.52. The Hall–Kier alpha value is -0.840. The molecule has 3 N–H and O–H groups in total. The van der Waals surface area contributed by atoms with Gasteiger partial charge in [0, 0.05) is 50.2 Å². The normalized spacial score (nSPS) is 18.1. The summed E-state index contributed by atoms with van der Waals surface area (Å²) in [4.78, 5) is 5.81. The number of hydrogen-bond acceptors (Lipinski definition) is 3. The minimum atomic E-state index is 0.296. The van der Waals surface area contributed by atoms with Gasteiger partial charge in [0.05, 0.1) is 0 Å². The maximum atomic E-state index is 3.51. The van der Waals surface area contributed by atoms with Gasteiger partial charge in [0.15, 0.2) is 0 Å². The van der Waals surface area contributed by atoms with Gasteiger partial charge in [-0.25, -0.2) is 0 Å². The van der Waals surface area contributed by atoms with Crippen LogP contribution in [-0.2, 0) is 6.54 Å². The lowest BCUT2D eigenvalue weighted by Crippen LogP contribution is -2.54. The molecule has 18 heavy (non-hydrogen) atoms. The first-order valence-electron chi connectivity index (χ1n) is 6.97. The number of aromatic amines is 1. The summed E-state index contributed by atoms with van der Waals surface area (Å²) >= 11 is 0. The number of nitrogens with one attached hydrogen (secondary N) is 3. The highest BCUT2D eigenvalue weighted by Crippen LogP contribution is 2.18. The van der Waals surface area contributed by atoms with Crippen LogP contribution in [0.1, 0.15) is 26.0 Å². The lowest BCUT2D eigenvalue weighted by Gasteiger charge is -2.41. The molecule has 2 rings (SSSR count). The van der Waals surface area contributed by atoms with Crippen LogP contribution in [0.3, 0.4) is 0 Å². The molecule has 0 amide bonds. The fraction of sp³-hybridized carbons (Fsp3) is 0.714. The molecule has 0 saturated carbocycles. The lowest BCUT2D eigenvalue weighted by atomic mass is 9.97. The second-order valence-corrected chi connectivity index (χ2v) is 5.67. The quantitative estimate of drug-likeness (QED) is 0.664. The van der Waals surface area contributed by atoms with Crippen LogP contribution in [0.4, 0.5) is 0 Å². The van der Waals surface area contributed by atoms with E-state index >= 15 is 0 Å². The second-order valence-electron chi connectivity index (χ2n) is 5.67. The average molecular weight is 250 g/mol. The highest BCUT2D eigenvalue weighted by Gasteiger charge is 2.26. The van der Waals surface area contributed by atoms with Crippen molar-refractivity contribution < 1.29 is 0 Å². The van der Waals surface area contributed by atoms with Gasteiger partial charge < -0.3 is 15.6 Å². The van der Waals surface area contributed by atoms with Crippen LogP contribution in [-0.4, -0.2) is 48.1 Å².